The van der Waals surface area contributed by atoms with E-state index in [0.717, 1.165) is 44.1 Å². The molecule has 1 saturated carbocycles. The smallest absolute Gasteiger partial charge is 0.230 e. The summed E-state index contributed by atoms with van der Waals surface area (Å²) in [6.07, 6.45) is 3.70. The van der Waals surface area contributed by atoms with Crippen LogP contribution in [0.15, 0.2) is 30.3 Å². The van der Waals surface area contributed by atoms with Crippen molar-refractivity contribution in [3.63, 3.8) is 0 Å². The Morgan fingerprint density at radius 1 is 1.14 bits per heavy atom. The topological polar surface area (TPSA) is 23.6 Å². The first-order valence-electron chi connectivity index (χ1n) is 8.34. The van der Waals surface area contributed by atoms with E-state index in [9.17, 15) is 4.79 Å². The van der Waals surface area contributed by atoms with Crippen molar-refractivity contribution in [1.82, 2.24) is 9.80 Å². The molecule has 21 heavy (non-hydrogen) atoms. The Bertz CT molecular complexity index is 461. The number of benzene rings is 1. The molecule has 0 spiro atoms. The molecule has 1 aliphatic heterocycles. The van der Waals surface area contributed by atoms with Crippen LogP contribution in [-0.4, -0.2) is 48.4 Å². The van der Waals surface area contributed by atoms with E-state index >= 15 is 0 Å². The van der Waals surface area contributed by atoms with E-state index in [0.29, 0.717) is 5.91 Å². The Balaban J connectivity index is 1.57. The zero-order valence-electron chi connectivity index (χ0n) is 13.0. The number of nitrogens with zero attached hydrogens (tertiary/aromatic N) is 2. The molecule has 3 heteroatoms. The van der Waals surface area contributed by atoms with Gasteiger partial charge in [0.2, 0.25) is 5.91 Å². The van der Waals surface area contributed by atoms with Gasteiger partial charge in [0.15, 0.2) is 0 Å². The van der Waals surface area contributed by atoms with Crippen molar-refractivity contribution in [3.05, 3.63) is 35.9 Å². The molecular weight excluding hydrogens is 260 g/mol. The zero-order valence-corrected chi connectivity index (χ0v) is 13.0. The van der Waals surface area contributed by atoms with E-state index in [2.05, 4.69) is 28.9 Å². The molecule has 114 valence electrons. The van der Waals surface area contributed by atoms with Crippen molar-refractivity contribution >= 4 is 5.91 Å². The Kier molecular flexibility index (Phi) is 4.59. The van der Waals surface area contributed by atoms with Crippen LogP contribution in [0.5, 0.6) is 0 Å². The van der Waals surface area contributed by atoms with Crippen LogP contribution in [0.25, 0.3) is 0 Å². The van der Waals surface area contributed by atoms with E-state index in [1.807, 2.05) is 18.2 Å². The molecule has 3 nitrogen and oxygen atoms in total. The highest BCUT2D eigenvalue weighted by molar-refractivity contribution is 5.83. The van der Waals surface area contributed by atoms with Crippen LogP contribution in [0.4, 0.5) is 0 Å². The molecule has 1 aliphatic carbocycles. The van der Waals surface area contributed by atoms with Crippen LogP contribution < -0.4 is 0 Å². The molecule has 1 saturated heterocycles. The minimum atomic E-state index is 0.0289. The molecular formula is C18H26N2O. The van der Waals surface area contributed by atoms with E-state index < -0.39 is 0 Å². The molecule has 1 aromatic rings. The van der Waals surface area contributed by atoms with Gasteiger partial charge < -0.3 is 4.90 Å². The van der Waals surface area contributed by atoms with Gasteiger partial charge in [-0.2, -0.15) is 0 Å². The third kappa shape index (κ3) is 3.65. The molecule has 1 amide bonds. The summed E-state index contributed by atoms with van der Waals surface area (Å²) in [5.74, 6) is 1.29. The van der Waals surface area contributed by atoms with Crippen LogP contribution in [0.1, 0.15) is 37.7 Å². The summed E-state index contributed by atoms with van der Waals surface area (Å²) < 4.78 is 0. The normalized spacial score (nSPS) is 21.3. The average molecular weight is 286 g/mol. The van der Waals surface area contributed by atoms with Crippen LogP contribution in [0.2, 0.25) is 0 Å². The molecule has 2 aliphatic rings. The minimum Gasteiger partial charge on any atom is -0.340 e. The quantitative estimate of drug-likeness (QED) is 0.831. The molecule has 1 heterocycles. The van der Waals surface area contributed by atoms with Gasteiger partial charge in [-0.1, -0.05) is 37.3 Å². The SMILES string of the molecule is CCC(C(=O)N1CCN(CC2CC2)CC1)c1ccccc1. The Morgan fingerprint density at radius 3 is 2.38 bits per heavy atom. The maximum atomic E-state index is 12.8. The fourth-order valence-electron chi connectivity index (χ4n) is 3.28. The van der Waals surface area contributed by atoms with Crippen LogP contribution in [0.3, 0.4) is 0 Å². The fourth-order valence-corrected chi connectivity index (χ4v) is 3.28. The molecule has 3 rings (SSSR count). The van der Waals surface area contributed by atoms with Crippen LogP contribution in [-0.2, 0) is 4.79 Å². The van der Waals surface area contributed by atoms with Crippen molar-refractivity contribution in [3.8, 4) is 0 Å². The zero-order chi connectivity index (χ0) is 14.7. The third-order valence-electron chi connectivity index (χ3n) is 4.81. The van der Waals surface area contributed by atoms with Gasteiger partial charge in [-0.05, 0) is 30.7 Å². The largest absolute Gasteiger partial charge is 0.340 e. The number of rotatable bonds is 5. The van der Waals surface area contributed by atoms with Crippen LogP contribution >= 0.6 is 0 Å². The number of piperazine rings is 1. The molecule has 0 radical (unpaired) electrons. The van der Waals surface area contributed by atoms with Gasteiger partial charge in [-0.25, -0.2) is 0 Å². The maximum Gasteiger partial charge on any atom is 0.230 e. The van der Waals surface area contributed by atoms with Crippen molar-refractivity contribution in [2.75, 3.05) is 32.7 Å². The fraction of sp³-hybridized carbons (Fsp3) is 0.611. The van der Waals surface area contributed by atoms with E-state index in [-0.39, 0.29) is 5.92 Å². The lowest BCUT2D eigenvalue weighted by molar-refractivity contribution is -0.134. The molecule has 0 bridgehead atoms. The predicted molar refractivity (Wildman–Crippen MR) is 85.2 cm³/mol. The second kappa shape index (κ2) is 6.61. The van der Waals surface area contributed by atoms with Crippen molar-refractivity contribution in [2.24, 2.45) is 5.92 Å². The summed E-state index contributed by atoms with van der Waals surface area (Å²) in [5, 5.41) is 0. The van der Waals surface area contributed by atoms with Crippen molar-refractivity contribution < 1.29 is 4.79 Å². The van der Waals surface area contributed by atoms with Crippen molar-refractivity contribution in [2.45, 2.75) is 32.1 Å². The van der Waals surface area contributed by atoms with Gasteiger partial charge in [-0.3, -0.25) is 9.69 Å². The lowest BCUT2D eigenvalue weighted by Gasteiger charge is -2.36. The van der Waals surface area contributed by atoms with Gasteiger partial charge in [-0.15, -0.1) is 0 Å². The first-order valence-corrected chi connectivity index (χ1v) is 8.34. The molecule has 1 unspecified atom stereocenters. The number of carbonyl (C=O) groups excluding carboxylic acids is 1. The maximum absolute atomic E-state index is 12.8. The van der Waals surface area contributed by atoms with Gasteiger partial charge >= 0.3 is 0 Å². The highest BCUT2D eigenvalue weighted by atomic mass is 16.2. The van der Waals surface area contributed by atoms with E-state index in [4.69, 9.17) is 0 Å². The molecule has 1 atom stereocenters. The summed E-state index contributed by atoms with van der Waals surface area (Å²) in [7, 11) is 0. The van der Waals surface area contributed by atoms with Gasteiger partial charge in [0, 0.05) is 32.7 Å². The minimum absolute atomic E-state index is 0.0289. The first-order chi connectivity index (χ1) is 10.3. The summed E-state index contributed by atoms with van der Waals surface area (Å²) in [6.45, 7) is 7.25. The van der Waals surface area contributed by atoms with E-state index in [1.165, 1.54) is 19.4 Å². The molecule has 1 aromatic carbocycles. The monoisotopic (exact) mass is 286 g/mol. The standard InChI is InChI=1S/C18H26N2O/c1-2-17(16-6-4-3-5-7-16)18(21)20-12-10-19(11-13-20)14-15-8-9-15/h3-7,15,17H,2,8-14H2,1H3. The third-order valence-corrected chi connectivity index (χ3v) is 4.81. The number of amides is 1. The van der Waals surface area contributed by atoms with Gasteiger partial charge in [0.25, 0.3) is 0 Å². The Labute approximate surface area is 127 Å². The van der Waals surface area contributed by atoms with E-state index in [1.54, 1.807) is 0 Å². The summed E-state index contributed by atoms with van der Waals surface area (Å²) in [5.41, 5.74) is 1.16. The summed E-state index contributed by atoms with van der Waals surface area (Å²) in [4.78, 5) is 17.4. The number of hydrogen-bond donors (Lipinski definition) is 0. The summed E-state index contributed by atoms with van der Waals surface area (Å²) in [6, 6.07) is 10.2. The second-order valence-corrected chi connectivity index (χ2v) is 6.44. The van der Waals surface area contributed by atoms with Crippen LogP contribution in [0, 0.1) is 5.92 Å². The lowest BCUT2D eigenvalue weighted by atomic mass is 9.95. The summed E-state index contributed by atoms with van der Waals surface area (Å²) >= 11 is 0. The van der Waals surface area contributed by atoms with Gasteiger partial charge in [0.05, 0.1) is 5.92 Å². The molecule has 2 fully saturated rings. The average Bonchev–Trinajstić information content (AvgIpc) is 3.34. The Hall–Kier alpha value is -1.35. The number of carbonyl (C=O) groups is 1. The van der Waals surface area contributed by atoms with Crippen molar-refractivity contribution in [1.29, 1.82) is 0 Å². The molecule has 0 aromatic heterocycles. The molecule has 0 N–H and O–H groups in total. The lowest BCUT2D eigenvalue weighted by Crippen LogP contribution is -2.50. The first kappa shape index (κ1) is 14.6. The Morgan fingerprint density at radius 2 is 1.81 bits per heavy atom. The highest BCUT2D eigenvalue weighted by Gasteiger charge is 2.30. The second-order valence-electron chi connectivity index (χ2n) is 6.44. The van der Waals surface area contributed by atoms with Gasteiger partial charge in [0.1, 0.15) is 0 Å². The highest BCUT2D eigenvalue weighted by Crippen LogP contribution is 2.30. The number of hydrogen-bond acceptors (Lipinski definition) is 2. The predicted octanol–water partition coefficient (Wildman–Crippen LogP) is 2.73.